The summed E-state index contributed by atoms with van der Waals surface area (Å²) in [6.45, 7) is 14.6. The molecule has 2 aliphatic carbocycles. The summed E-state index contributed by atoms with van der Waals surface area (Å²) in [5.41, 5.74) is 0. The standard InChI is InChI=1S/C22H46O2S2Si2/c1-7-21(27(3,4)23-19-15-11-9-12-16-19)25-26-22(8-2)28(5,6)24-20-17-13-10-14-18-20/h19-22H,7-18H2,1-6H3. The van der Waals surface area contributed by atoms with E-state index in [9.17, 15) is 0 Å². The molecule has 166 valence electrons. The fraction of sp³-hybridized carbons (Fsp3) is 1.00. The first-order chi connectivity index (χ1) is 13.3. The molecule has 0 bridgehead atoms. The van der Waals surface area contributed by atoms with Gasteiger partial charge in [-0.2, -0.15) is 0 Å². The molecule has 2 fully saturated rings. The second-order valence-corrected chi connectivity index (χ2v) is 21.7. The Morgan fingerprint density at radius 1 is 0.643 bits per heavy atom. The summed E-state index contributed by atoms with van der Waals surface area (Å²) >= 11 is 0. The van der Waals surface area contributed by atoms with Crippen molar-refractivity contribution in [2.24, 2.45) is 0 Å². The van der Waals surface area contributed by atoms with Crippen LogP contribution < -0.4 is 0 Å². The van der Waals surface area contributed by atoms with Crippen LogP contribution in [-0.4, -0.2) is 38.6 Å². The zero-order valence-electron chi connectivity index (χ0n) is 19.4. The first kappa shape index (κ1) is 25.3. The zero-order chi connectivity index (χ0) is 20.6. The van der Waals surface area contributed by atoms with Gasteiger partial charge in [0.25, 0.3) is 0 Å². The molecule has 0 aromatic heterocycles. The lowest BCUT2D eigenvalue weighted by Crippen LogP contribution is -2.47. The van der Waals surface area contributed by atoms with E-state index in [2.05, 4.69) is 61.6 Å². The summed E-state index contributed by atoms with van der Waals surface area (Å²) < 4.78 is 13.6. The highest BCUT2D eigenvalue weighted by atomic mass is 33.1. The Bertz CT molecular complexity index is 396. The van der Waals surface area contributed by atoms with Crippen LogP contribution in [0.2, 0.25) is 26.2 Å². The Kier molecular flexibility index (Phi) is 11.0. The van der Waals surface area contributed by atoms with Crippen LogP contribution >= 0.6 is 21.6 Å². The summed E-state index contributed by atoms with van der Waals surface area (Å²) in [7, 11) is 0.924. The van der Waals surface area contributed by atoms with Gasteiger partial charge < -0.3 is 8.85 Å². The normalized spacial score (nSPS) is 22.9. The Labute approximate surface area is 185 Å². The highest BCUT2D eigenvalue weighted by Gasteiger charge is 2.40. The van der Waals surface area contributed by atoms with Gasteiger partial charge in [0.15, 0.2) is 0 Å². The maximum Gasteiger partial charge on any atom is 0.200 e. The average molecular weight is 463 g/mol. The van der Waals surface area contributed by atoms with Gasteiger partial charge in [-0.3, -0.25) is 0 Å². The van der Waals surface area contributed by atoms with Gasteiger partial charge in [-0.15, -0.1) is 0 Å². The fourth-order valence-corrected chi connectivity index (χ4v) is 18.8. The Balaban J connectivity index is 1.88. The van der Waals surface area contributed by atoms with Gasteiger partial charge in [0.05, 0.1) is 0 Å². The highest BCUT2D eigenvalue weighted by molar-refractivity contribution is 8.77. The van der Waals surface area contributed by atoms with Crippen LogP contribution in [0.4, 0.5) is 0 Å². The smallest absolute Gasteiger partial charge is 0.200 e. The Morgan fingerprint density at radius 3 is 1.25 bits per heavy atom. The maximum absolute atomic E-state index is 6.79. The van der Waals surface area contributed by atoms with Crippen molar-refractivity contribution in [1.29, 1.82) is 0 Å². The van der Waals surface area contributed by atoms with E-state index in [4.69, 9.17) is 8.85 Å². The molecule has 0 amide bonds. The molecule has 6 heteroatoms. The summed E-state index contributed by atoms with van der Waals surface area (Å²) in [5, 5.41) is 0. The molecule has 0 saturated heterocycles. The van der Waals surface area contributed by atoms with Crippen molar-refractivity contribution in [1.82, 2.24) is 0 Å². The second kappa shape index (κ2) is 12.2. The molecule has 2 saturated carbocycles. The minimum atomic E-state index is -1.68. The molecule has 2 aliphatic rings. The van der Waals surface area contributed by atoms with E-state index < -0.39 is 16.6 Å². The topological polar surface area (TPSA) is 18.5 Å². The summed E-state index contributed by atoms with van der Waals surface area (Å²) in [5.74, 6) is 0. The van der Waals surface area contributed by atoms with Crippen molar-refractivity contribution in [3.63, 3.8) is 0 Å². The quantitative estimate of drug-likeness (QED) is 0.228. The van der Waals surface area contributed by atoms with Crippen LogP contribution in [0.5, 0.6) is 0 Å². The average Bonchev–Trinajstić information content (AvgIpc) is 2.65. The van der Waals surface area contributed by atoms with Gasteiger partial charge in [0.1, 0.15) is 0 Å². The highest BCUT2D eigenvalue weighted by Crippen LogP contribution is 2.43. The van der Waals surface area contributed by atoms with E-state index in [-0.39, 0.29) is 0 Å². The van der Waals surface area contributed by atoms with Crippen molar-refractivity contribution in [3.8, 4) is 0 Å². The van der Waals surface area contributed by atoms with Gasteiger partial charge >= 0.3 is 0 Å². The molecule has 0 N–H and O–H groups in total. The molecular weight excluding hydrogens is 417 g/mol. The predicted octanol–water partition coefficient (Wildman–Crippen LogP) is 8.11. The third kappa shape index (κ3) is 7.95. The number of hydrogen-bond donors (Lipinski definition) is 0. The van der Waals surface area contributed by atoms with Crippen LogP contribution in [0.15, 0.2) is 0 Å². The molecule has 0 heterocycles. The van der Waals surface area contributed by atoms with E-state index in [1.807, 2.05) is 0 Å². The van der Waals surface area contributed by atoms with Crippen LogP contribution in [0, 0.1) is 0 Å². The minimum Gasteiger partial charge on any atom is -0.413 e. The van der Waals surface area contributed by atoms with Gasteiger partial charge in [-0.05, 0) is 64.7 Å². The summed E-state index contributed by atoms with van der Waals surface area (Å²) in [6.07, 6.45) is 17.0. The van der Waals surface area contributed by atoms with Crippen LogP contribution in [-0.2, 0) is 8.85 Å². The molecule has 0 aliphatic heterocycles. The minimum absolute atomic E-state index is 0.539. The first-order valence-corrected chi connectivity index (χ1v) is 20.2. The molecule has 28 heavy (non-hydrogen) atoms. The van der Waals surface area contributed by atoms with E-state index in [1.165, 1.54) is 77.0 Å². The molecule has 2 atom stereocenters. The zero-order valence-corrected chi connectivity index (χ0v) is 23.1. The lowest BCUT2D eigenvalue weighted by molar-refractivity contribution is 0.144. The van der Waals surface area contributed by atoms with Crippen LogP contribution in [0.1, 0.15) is 90.9 Å². The van der Waals surface area contributed by atoms with E-state index in [0.717, 1.165) is 0 Å². The van der Waals surface area contributed by atoms with Crippen molar-refractivity contribution < 1.29 is 8.85 Å². The SMILES string of the molecule is CCC(SSC(CC)[Si](C)(C)OC1CCCCC1)[Si](C)(C)OC1CCCCC1. The van der Waals surface area contributed by atoms with Crippen molar-refractivity contribution in [2.75, 3.05) is 0 Å². The molecule has 2 rings (SSSR count). The molecular formula is C22H46O2S2Si2. The molecule has 2 unspecified atom stereocenters. The predicted molar refractivity (Wildman–Crippen MR) is 134 cm³/mol. The van der Waals surface area contributed by atoms with Gasteiger partial charge in [-0.25, -0.2) is 0 Å². The lowest BCUT2D eigenvalue weighted by atomic mass is 9.98. The Hall–Kier alpha value is 1.05. The van der Waals surface area contributed by atoms with E-state index >= 15 is 0 Å². The second-order valence-electron chi connectivity index (χ2n) is 9.95. The Morgan fingerprint density at radius 2 is 0.964 bits per heavy atom. The molecule has 0 radical (unpaired) electrons. The van der Waals surface area contributed by atoms with Crippen molar-refractivity contribution in [2.45, 2.75) is 139 Å². The lowest BCUT2D eigenvalue weighted by Gasteiger charge is -2.39. The molecule has 0 aromatic carbocycles. The summed E-state index contributed by atoms with van der Waals surface area (Å²) in [6, 6.07) is 0. The maximum atomic E-state index is 6.79. The fourth-order valence-electron chi connectivity index (χ4n) is 4.86. The molecule has 0 aromatic rings. The molecule has 0 spiro atoms. The van der Waals surface area contributed by atoms with Crippen molar-refractivity contribution in [3.05, 3.63) is 0 Å². The van der Waals surface area contributed by atoms with Crippen molar-refractivity contribution >= 4 is 38.2 Å². The first-order valence-electron chi connectivity index (χ1n) is 12.0. The number of hydrogen-bond acceptors (Lipinski definition) is 4. The van der Waals surface area contributed by atoms with Crippen LogP contribution in [0.3, 0.4) is 0 Å². The van der Waals surface area contributed by atoms with Gasteiger partial charge in [0, 0.05) is 22.0 Å². The number of rotatable bonds is 11. The van der Waals surface area contributed by atoms with Gasteiger partial charge in [0.2, 0.25) is 16.6 Å². The third-order valence-corrected chi connectivity index (χ3v) is 20.5. The summed E-state index contributed by atoms with van der Waals surface area (Å²) in [4.78, 5) is 1.35. The largest absolute Gasteiger partial charge is 0.413 e. The molecule has 2 nitrogen and oxygen atoms in total. The third-order valence-electron chi connectivity index (χ3n) is 6.63. The van der Waals surface area contributed by atoms with Crippen LogP contribution in [0.25, 0.3) is 0 Å². The monoisotopic (exact) mass is 462 g/mol. The van der Waals surface area contributed by atoms with E-state index in [0.29, 0.717) is 22.0 Å². The van der Waals surface area contributed by atoms with E-state index in [1.54, 1.807) is 0 Å². The van der Waals surface area contributed by atoms with Gasteiger partial charge in [-0.1, -0.05) is 74.0 Å².